The third-order valence-electron chi connectivity index (χ3n) is 11.3. The van der Waals surface area contributed by atoms with Crippen LogP contribution in [0.1, 0.15) is 239 Å². The van der Waals surface area contributed by atoms with E-state index < -0.39 is 51.1 Å². The second-order valence-corrected chi connectivity index (χ2v) is 19.1. The Morgan fingerprint density at radius 3 is 1.25 bits per heavy atom. The molecule has 0 aliphatic heterocycles. The smallest absolute Gasteiger partial charge is 0.472 e. The van der Waals surface area contributed by atoms with Gasteiger partial charge in [0.15, 0.2) is 6.10 Å². The lowest BCUT2D eigenvalue weighted by molar-refractivity contribution is -0.161. The maximum Gasteiger partial charge on any atom is 0.472 e. The summed E-state index contributed by atoms with van der Waals surface area (Å²) in [5.74, 6) is -2.41. The SMILES string of the molecule is CCCCC/C=C/C/C=C/C/C=C/C/C=C/CCCCCC(=O)O[C@H](COC(=O)CCCCCCCCCCCCCCCCCCCCCCCC)COP(=O)(O)OC[C@H](N)C(=O)O. The van der Waals surface area contributed by atoms with Gasteiger partial charge in [0, 0.05) is 12.8 Å². The second-order valence-electron chi connectivity index (χ2n) is 17.7. The van der Waals surface area contributed by atoms with Crippen molar-refractivity contribution in [2.75, 3.05) is 19.8 Å². The highest BCUT2D eigenvalue weighted by molar-refractivity contribution is 7.47. The zero-order valence-electron chi connectivity index (χ0n) is 41.3. The number of unbranched alkanes of at least 4 members (excludes halogenated alkanes) is 27. The summed E-state index contributed by atoms with van der Waals surface area (Å²) >= 11 is 0. The zero-order valence-corrected chi connectivity index (χ0v) is 42.2. The number of phosphoric acid groups is 1. The van der Waals surface area contributed by atoms with Gasteiger partial charge in [0.05, 0.1) is 13.2 Å². The van der Waals surface area contributed by atoms with E-state index in [0.29, 0.717) is 12.8 Å². The fraction of sp³-hybridized carbons (Fsp3) is 0.792. The maximum absolute atomic E-state index is 12.7. The van der Waals surface area contributed by atoms with E-state index in [9.17, 15) is 23.8 Å². The Morgan fingerprint density at radius 2 is 0.815 bits per heavy atom. The van der Waals surface area contributed by atoms with Gasteiger partial charge in [-0.2, -0.15) is 0 Å². The van der Waals surface area contributed by atoms with Gasteiger partial charge >= 0.3 is 25.7 Å². The molecule has 0 aromatic heterocycles. The van der Waals surface area contributed by atoms with Crippen LogP contribution in [0.5, 0.6) is 0 Å². The van der Waals surface area contributed by atoms with Crippen molar-refractivity contribution in [2.24, 2.45) is 5.73 Å². The number of phosphoric ester groups is 1. The van der Waals surface area contributed by atoms with Crippen molar-refractivity contribution in [1.82, 2.24) is 0 Å². The first-order chi connectivity index (χ1) is 31.6. The molecule has 378 valence electrons. The lowest BCUT2D eigenvalue weighted by atomic mass is 10.0. The number of hydrogen-bond donors (Lipinski definition) is 3. The predicted octanol–water partition coefficient (Wildman–Crippen LogP) is 14.9. The van der Waals surface area contributed by atoms with Crippen LogP contribution in [0.4, 0.5) is 0 Å². The lowest BCUT2D eigenvalue weighted by Gasteiger charge is -2.20. The summed E-state index contributed by atoms with van der Waals surface area (Å²) in [6, 6.07) is -1.53. The molecule has 4 N–H and O–H groups in total. The molecule has 0 aliphatic carbocycles. The molecule has 0 bridgehead atoms. The van der Waals surface area contributed by atoms with Crippen LogP contribution < -0.4 is 5.73 Å². The van der Waals surface area contributed by atoms with Crippen LogP contribution >= 0.6 is 7.82 Å². The van der Waals surface area contributed by atoms with Gasteiger partial charge < -0.3 is 25.2 Å². The maximum atomic E-state index is 12.7. The van der Waals surface area contributed by atoms with E-state index in [1.165, 1.54) is 141 Å². The standard InChI is InChI=1S/C53H96NO10P/c1-3-5-7-9-11-13-15-17-19-21-23-24-25-27-28-30-32-34-36-38-40-42-44-51(55)61-46-49(47-62-65(59,60)63-48-50(54)53(57)58)64-52(56)45-43-41-39-37-35-33-31-29-26-22-20-18-16-14-12-10-8-6-4-2/h12,14,18,20,26,29,33,35,49-50H,3-11,13,15-17,19,21-25,27-28,30-32,34,36-48,54H2,1-2H3,(H,57,58)(H,59,60)/b14-12+,20-18+,29-26+,35-33+/t49-,50+/m1/s1. The number of carboxylic acids is 1. The van der Waals surface area contributed by atoms with Crippen molar-refractivity contribution in [3.05, 3.63) is 48.6 Å². The third-order valence-corrected chi connectivity index (χ3v) is 12.3. The Hall–Kier alpha value is -2.56. The third kappa shape index (κ3) is 47.7. The number of allylic oxidation sites excluding steroid dienone is 8. The van der Waals surface area contributed by atoms with Crippen LogP contribution in [-0.2, 0) is 37.5 Å². The fourth-order valence-electron chi connectivity index (χ4n) is 7.23. The first-order valence-electron chi connectivity index (χ1n) is 26.2. The summed E-state index contributed by atoms with van der Waals surface area (Å²) < 4.78 is 32.8. The van der Waals surface area contributed by atoms with E-state index in [4.69, 9.17) is 24.8 Å². The summed E-state index contributed by atoms with van der Waals surface area (Å²) in [6.07, 6.45) is 56.1. The molecule has 12 heteroatoms. The summed E-state index contributed by atoms with van der Waals surface area (Å²) in [6.45, 7) is 2.78. The minimum atomic E-state index is -4.73. The molecule has 0 radical (unpaired) electrons. The number of ether oxygens (including phenoxy) is 2. The molecule has 0 saturated carbocycles. The Balaban J connectivity index is 4.26. The van der Waals surface area contributed by atoms with E-state index >= 15 is 0 Å². The van der Waals surface area contributed by atoms with Gasteiger partial charge in [-0.05, 0) is 57.8 Å². The molecule has 0 spiro atoms. The first kappa shape index (κ1) is 62.4. The van der Waals surface area contributed by atoms with Gasteiger partial charge in [-0.25, -0.2) is 4.57 Å². The molecule has 0 aromatic rings. The van der Waals surface area contributed by atoms with Crippen LogP contribution in [0.15, 0.2) is 48.6 Å². The summed E-state index contributed by atoms with van der Waals surface area (Å²) in [5.41, 5.74) is 5.35. The Bertz CT molecular complexity index is 1280. The van der Waals surface area contributed by atoms with Crippen molar-refractivity contribution in [1.29, 1.82) is 0 Å². The number of rotatable bonds is 49. The van der Waals surface area contributed by atoms with E-state index in [2.05, 4.69) is 67.0 Å². The van der Waals surface area contributed by atoms with Crippen molar-refractivity contribution >= 4 is 25.7 Å². The largest absolute Gasteiger partial charge is 0.480 e. The predicted molar refractivity (Wildman–Crippen MR) is 268 cm³/mol. The highest BCUT2D eigenvalue weighted by Crippen LogP contribution is 2.43. The summed E-state index contributed by atoms with van der Waals surface area (Å²) in [4.78, 5) is 46.2. The zero-order chi connectivity index (χ0) is 47.7. The molecule has 0 rings (SSSR count). The van der Waals surface area contributed by atoms with Gasteiger partial charge in [-0.3, -0.25) is 23.4 Å². The molecule has 3 atom stereocenters. The van der Waals surface area contributed by atoms with Crippen LogP contribution in [0.3, 0.4) is 0 Å². The Labute approximate surface area is 396 Å². The van der Waals surface area contributed by atoms with E-state index in [1.54, 1.807) is 0 Å². The van der Waals surface area contributed by atoms with Crippen molar-refractivity contribution in [3.8, 4) is 0 Å². The van der Waals surface area contributed by atoms with Crippen LogP contribution in [-0.4, -0.2) is 59.9 Å². The minimum absolute atomic E-state index is 0.124. The summed E-state index contributed by atoms with van der Waals surface area (Å²) in [5, 5.41) is 8.92. The van der Waals surface area contributed by atoms with Crippen LogP contribution in [0.25, 0.3) is 0 Å². The molecule has 0 aliphatic rings. The normalized spacial score (nSPS) is 13.9. The van der Waals surface area contributed by atoms with Gasteiger partial charge in [0.25, 0.3) is 0 Å². The molecule has 65 heavy (non-hydrogen) atoms. The highest BCUT2D eigenvalue weighted by atomic mass is 31.2. The molecule has 1 unspecified atom stereocenters. The monoisotopic (exact) mass is 938 g/mol. The fourth-order valence-corrected chi connectivity index (χ4v) is 8.00. The van der Waals surface area contributed by atoms with Crippen molar-refractivity contribution < 1.29 is 47.5 Å². The first-order valence-corrected chi connectivity index (χ1v) is 27.7. The number of hydrogen-bond acceptors (Lipinski definition) is 9. The molecule has 0 fully saturated rings. The number of carbonyl (C=O) groups excluding carboxylic acids is 2. The number of carbonyl (C=O) groups is 3. The quantitative estimate of drug-likeness (QED) is 0.0229. The number of carboxylic acid groups (broad SMARTS) is 1. The lowest BCUT2D eigenvalue weighted by Crippen LogP contribution is -2.34. The number of nitrogens with two attached hydrogens (primary N) is 1. The van der Waals surface area contributed by atoms with Gasteiger partial charge in [0.2, 0.25) is 0 Å². The highest BCUT2D eigenvalue weighted by Gasteiger charge is 2.28. The van der Waals surface area contributed by atoms with E-state index in [1.807, 2.05) is 0 Å². The van der Waals surface area contributed by atoms with Crippen LogP contribution in [0, 0.1) is 0 Å². The van der Waals surface area contributed by atoms with Gasteiger partial charge in [0.1, 0.15) is 12.6 Å². The Kier molecular flexibility index (Phi) is 46.0. The van der Waals surface area contributed by atoms with E-state index in [-0.39, 0.29) is 19.4 Å². The number of aliphatic carboxylic acids is 1. The van der Waals surface area contributed by atoms with E-state index in [0.717, 1.165) is 57.8 Å². The molecular formula is C53H96NO10P. The molecule has 0 amide bonds. The van der Waals surface area contributed by atoms with Gasteiger partial charge in [-0.1, -0.05) is 217 Å². The molecule has 0 saturated heterocycles. The molecule has 0 aromatic carbocycles. The van der Waals surface area contributed by atoms with Crippen molar-refractivity contribution in [3.63, 3.8) is 0 Å². The number of esters is 2. The topological polar surface area (TPSA) is 172 Å². The average molecular weight is 938 g/mol. The summed E-state index contributed by atoms with van der Waals surface area (Å²) in [7, 11) is -4.73. The van der Waals surface area contributed by atoms with Gasteiger partial charge in [-0.15, -0.1) is 0 Å². The minimum Gasteiger partial charge on any atom is -0.480 e. The Morgan fingerprint density at radius 1 is 0.477 bits per heavy atom. The van der Waals surface area contributed by atoms with Crippen molar-refractivity contribution in [2.45, 2.75) is 251 Å². The van der Waals surface area contributed by atoms with Crippen LogP contribution in [0.2, 0.25) is 0 Å². The molecule has 11 nitrogen and oxygen atoms in total. The molecule has 0 heterocycles. The molecular weight excluding hydrogens is 842 g/mol. The average Bonchev–Trinajstić information content (AvgIpc) is 3.28. The second kappa shape index (κ2) is 47.9.